The summed E-state index contributed by atoms with van der Waals surface area (Å²) in [6.07, 6.45) is 3.28. The number of nitrogens with zero attached hydrogens (tertiary/aromatic N) is 1. The third kappa shape index (κ3) is 6.33. The Balaban J connectivity index is 2.43. The second-order valence-corrected chi connectivity index (χ2v) is 7.06. The second kappa shape index (κ2) is 7.64. The second-order valence-electron chi connectivity index (χ2n) is 7.06. The Bertz CT molecular complexity index is 369. The number of hydrogen-bond donors (Lipinski definition) is 3. The van der Waals surface area contributed by atoms with E-state index in [1.165, 1.54) is 0 Å². The average Bonchev–Trinajstić information content (AvgIpc) is 2.35. The van der Waals surface area contributed by atoms with E-state index in [2.05, 4.69) is 29.4 Å². The van der Waals surface area contributed by atoms with E-state index in [9.17, 15) is 14.7 Å². The quantitative estimate of drug-likeness (QED) is 0.694. The molecule has 2 unspecified atom stereocenters. The number of carboxylic acid groups (broad SMARTS) is 1. The van der Waals surface area contributed by atoms with Gasteiger partial charge in [-0.25, -0.2) is 4.79 Å². The molecule has 6 heteroatoms. The van der Waals surface area contributed by atoms with Crippen molar-refractivity contribution in [2.75, 3.05) is 27.2 Å². The van der Waals surface area contributed by atoms with Crippen LogP contribution in [0.1, 0.15) is 39.5 Å². The van der Waals surface area contributed by atoms with Gasteiger partial charge in [-0.05, 0) is 32.4 Å². The van der Waals surface area contributed by atoms with Gasteiger partial charge in [0, 0.05) is 19.1 Å². The Kier molecular flexibility index (Phi) is 6.45. The van der Waals surface area contributed by atoms with Gasteiger partial charge in [-0.3, -0.25) is 4.79 Å². The van der Waals surface area contributed by atoms with Crippen molar-refractivity contribution in [3.8, 4) is 0 Å². The number of nitrogens with one attached hydrogen (secondary N) is 2. The maximum Gasteiger partial charge on any atom is 0.315 e. The third-order valence-corrected chi connectivity index (χ3v) is 3.87. The first-order valence-corrected chi connectivity index (χ1v) is 7.63. The van der Waals surface area contributed by atoms with E-state index in [0.717, 1.165) is 25.8 Å². The lowest BCUT2D eigenvalue weighted by atomic mass is 9.84. The summed E-state index contributed by atoms with van der Waals surface area (Å²) >= 11 is 0. The molecule has 0 spiro atoms. The number of carboxylic acids is 1. The lowest BCUT2D eigenvalue weighted by Crippen LogP contribution is -2.51. The van der Waals surface area contributed by atoms with E-state index in [1.54, 1.807) is 0 Å². The maximum atomic E-state index is 12.0. The molecule has 0 radical (unpaired) electrons. The van der Waals surface area contributed by atoms with E-state index < -0.39 is 11.9 Å². The van der Waals surface area contributed by atoms with E-state index in [4.69, 9.17) is 0 Å². The normalized spacial score (nSPS) is 22.9. The Hall–Kier alpha value is -1.30. The highest BCUT2D eigenvalue weighted by atomic mass is 16.4. The van der Waals surface area contributed by atoms with Crippen LogP contribution >= 0.6 is 0 Å². The van der Waals surface area contributed by atoms with Crippen LogP contribution in [0.4, 0.5) is 4.79 Å². The molecular weight excluding hydrogens is 270 g/mol. The summed E-state index contributed by atoms with van der Waals surface area (Å²) in [7, 11) is 4.00. The summed E-state index contributed by atoms with van der Waals surface area (Å²) in [6.45, 7) is 5.61. The molecule has 21 heavy (non-hydrogen) atoms. The standard InChI is InChI=1S/C15H29N3O3/c1-15(2,10-18(3)4)9-16-14(21)17-12-8-6-5-7-11(12)13(19)20/h11-12H,5-10H2,1-4H3,(H,19,20)(H2,16,17,21). The highest BCUT2D eigenvalue weighted by molar-refractivity contribution is 5.76. The third-order valence-electron chi connectivity index (χ3n) is 3.87. The van der Waals surface area contributed by atoms with Crippen LogP contribution in [0.3, 0.4) is 0 Å². The van der Waals surface area contributed by atoms with Crippen LogP contribution in [-0.4, -0.2) is 55.2 Å². The molecule has 2 atom stereocenters. The van der Waals surface area contributed by atoms with Crippen LogP contribution in [0, 0.1) is 11.3 Å². The first-order chi connectivity index (χ1) is 9.71. The summed E-state index contributed by atoms with van der Waals surface area (Å²) in [5, 5.41) is 14.9. The molecule has 1 rings (SSSR count). The summed E-state index contributed by atoms with van der Waals surface area (Å²) in [6, 6.07) is -0.520. The van der Waals surface area contributed by atoms with Gasteiger partial charge in [0.15, 0.2) is 0 Å². The van der Waals surface area contributed by atoms with Gasteiger partial charge in [-0.2, -0.15) is 0 Å². The summed E-state index contributed by atoms with van der Waals surface area (Å²) in [5.74, 6) is -1.27. The van der Waals surface area contributed by atoms with Gasteiger partial charge in [0.05, 0.1) is 5.92 Å². The SMILES string of the molecule is CN(C)CC(C)(C)CNC(=O)NC1CCCCC1C(=O)O. The molecule has 1 aliphatic carbocycles. The molecular formula is C15H29N3O3. The lowest BCUT2D eigenvalue weighted by Gasteiger charge is -2.31. The van der Waals surface area contributed by atoms with Crippen molar-refractivity contribution in [3.05, 3.63) is 0 Å². The van der Waals surface area contributed by atoms with Gasteiger partial charge in [0.2, 0.25) is 0 Å². The molecule has 1 aliphatic rings. The zero-order valence-electron chi connectivity index (χ0n) is 13.6. The van der Waals surface area contributed by atoms with Crippen LogP contribution < -0.4 is 10.6 Å². The molecule has 0 saturated heterocycles. The van der Waals surface area contributed by atoms with E-state index in [1.807, 2.05) is 14.1 Å². The predicted molar refractivity (Wildman–Crippen MR) is 82.3 cm³/mol. The first-order valence-electron chi connectivity index (χ1n) is 7.63. The van der Waals surface area contributed by atoms with Crippen molar-refractivity contribution in [2.45, 2.75) is 45.6 Å². The zero-order valence-corrected chi connectivity index (χ0v) is 13.6. The summed E-state index contributed by atoms with van der Waals surface area (Å²) in [5.41, 5.74) is -0.0282. The smallest absolute Gasteiger partial charge is 0.315 e. The number of hydrogen-bond acceptors (Lipinski definition) is 3. The minimum absolute atomic E-state index is 0.0282. The van der Waals surface area contributed by atoms with Crippen molar-refractivity contribution < 1.29 is 14.7 Å². The van der Waals surface area contributed by atoms with Gasteiger partial charge in [0.1, 0.15) is 0 Å². The van der Waals surface area contributed by atoms with Crippen LogP contribution in [0.5, 0.6) is 0 Å². The van der Waals surface area contributed by atoms with Gasteiger partial charge in [-0.15, -0.1) is 0 Å². The highest BCUT2D eigenvalue weighted by Gasteiger charge is 2.32. The van der Waals surface area contributed by atoms with E-state index >= 15 is 0 Å². The van der Waals surface area contributed by atoms with Crippen molar-refractivity contribution in [2.24, 2.45) is 11.3 Å². The van der Waals surface area contributed by atoms with Gasteiger partial charge >= 0.3 is 12.0 Å². The molecule has 6 nitrogen and oxygen atoms in total. The largest absolute Gasteiger partial charge is 0.481 e. The highest BCUT2D eigenvalue weighted by Crippen LogP contribution is 2.24. The Labute approximate surface area is 127 Å². The molecule has 1 saturated carbocycles. The number of carbonyl (C=O) groups excluding carboxylic acids is 1. The Morgan fingerprint density at radius 3 is 2.43 bits per heavy atom. The van der Waals surface area contributed by atoms with Gasteiger partial charge in [-0.1, -0.05) is 26.7 Å². The molecule has 2 amide bonds. The van der Waals surface area contributed by atoms with Crippen molar-refractivity contribution in [3.63, 3.8) is 0 Å². The lowest BCUT2D eigenvalue weighted by molar-refractivity contribution is -0.143. The van der Waals surface area contributed by atoms with E-state index in [0.29, 0.717) is 13.0 Å². The van der Waals surface area contributed by atoms with Gasteiger partial charge in [0.25, 0.3) is 0 Å². The fourth-order valence-electron chi connectivity index (χ4n) is 3.05. The molecule has 0 heterocycles. The van der Waals surface area contributed by atoms with E-state index in [-0.39, 0.29) is 17.5 Å². The number of carbonyl (C=O) groups is 2. The molecule has 0 bridgehead atoms. The topological polar surface area (TPSA) is 81.7 Å². The minimum Gasteiger partial charge on any atom is -0.481 e. The molecule has 0 aromatic carbocycles. The number of amides is 2. The van der Waals surface area contributed by atoms with Crippen molar-refractivity contribution >= 4 is 12.0 Å². The Morgan fingerprint density at radius 2 is 1.86 bits per heavy atom. The number of aliphatic carboxylic acids is 1. The molecule has 3 N–H and O–H groups in total. The maximum absolute atomic E-state index is 12.0. The first kappa shape index (κ1) is 17.8. The Morgan fingerprint density at radius 1 is 1.24 bits per heavy atom. The van der Waals surface area contributed by atoms with Crippen LogP contribution in [0.25, 0.3) is 0 Å². The summed E-state index contributed by atoms with van der Waals surface area (Å²) < 4.78 is 0. The number of urea groups is 1. The zero-order chi connectivity index (χ0) is 16.0. The van der Waals surface area contributed by atoms with Crippen LogP contribution in [0.15, 0.2) is 0 Å². The van der Waals surface area contributed by atoms with Crippen molar-refractivity contribution in [1.29, 1.82) is 0 Å². The van der Waals surface area contributed by atoms with Crippen LogP contribution in [0.2, 0.25) is 0 Å². The average molecular weight is 299 g/mol. The molecule has 0 aliphatic heterocycles. The van der Waals surface area contributed by atoms with Crippen LogP contribution in [-0.2, 0) is 4.79 Å². The molecule has 1 fully saturated rings. The summed E-state index contributed by atoms with van der Waals surface area (Å²) in [4.78, 5) is 25.3. The van der Waals surface area contributed by atoms with Gasteiger partial charge < -0.3 is 20.6 Å². The van der Waals surface area contributed by atoms with Crippen molar-refractivity contribution in [1.82, 2.24) is 15.5 Å². The fraction of sp³-hybridized carbons (Fsp3) is 0.867. The molecule has 0 aromatic heterocycles. The number of rotatable bonds is 6. The molecule has 122 valence electrons. The monoisotopic (exact) mass is 299 g/mol. The fourth-order valence-corrected chi connectivity index (χ4v) is 3.05. The minimum atomic E-state index is -0.812. The molecule has 0 aromatic rings. The predicted octanol–water partition coefficient (Wildman–Crippen LogP) is 1.52.